The zero-order valence-electron chi connectivity index (χ0n) is 14.7. The Kier molecular flexibility index (Phi) is 6.04. The molecule has 1 aromatic rings. The smallest absolute Gasteiger partial charge is 0.290 e. The molecule has 6 heteroatoms. The third-order valence-corrected chi connectivity index (χ3v) is 4.39. The molecule has 134 valence electrons. The van der Waals surface area contributed by atoms with E-state index in [1.807, 2.05) is 13.8 Å². The molecule has 1 aliphatic rings. The van der Waals surface area contributed by atoms with Crippen LogP contribution in [-0.4, -0.2) is 47.1 Å². The van der Waals surface area contributed by atoms with Crippen LogP contribution in [0, 0.1) is 5.41 Å². The number of furan rings is 1. The van der Waals surface area contributed by atoms with Gasteiger partial charge in [-0.05, 0) is 50.2 Å². The molecule has 0 radical (unpaired) electrons. The van der Waals surface area contributed by atoms with Crippen molar-refractivity contribution in [3.05, 3.63) is 24.2 Å². The minimum Gasteiger partial charge on any atom is -0.459 e. The second-order valence-electron chi connectivity index (χ2n) is 7.42. The van der Waals surface area contributed by atoms with Crippen LogP contribution in [0.2, 0.25) is 0 Å². The largest absolute Gasteiger partial charge is 0.459 e. The van der Waals surface area contributed by atoms with Crippen molar-refractivity contribution in [3.63, 3.8) is 0 Å². The Hall–Kier alpha value is -1.82. The molecule has 2 amide bonds. The molecule has 0 aliphatic carbocycles. The van der Waals surface area contributed by atoms with Crippen molar-refractivity contribution in [2.24, 2.45) is 5.41 Å². The molecule has 1 saturated heterocycles. The van der Waals surface area contributed by atoms with E-state index in [4.69, 9.17) is 4.42 Å². The lowest BCUT2D eigenvalue weighted by Crippen LogP contribution is -2.53. The zero-order chi connectivity index (χ0) is 17.7. The third kappa shape index (κ3) is 4.84. The number of carbonyl (C=O) groups is 2. The first kappa shape index (κ1) is 18.5. The molecule has 2 unspecified atom stereocenters. The molecule has 2 rings (SSSR count). The van der Waals surface area contributed by atoms with Crippen molar-refractivity contribution in [2.75, 3.05) is 13.1 Å². The summed E-state index contributed by atoms with van der Waals surface area (Å²) in [5.41, 5.74) is -0.200. The fraction of sp³-hybridized carbons (Fsp3) is 0.667. The topological polar surface area (TPSA) is 82.8 Å². The van der Waals surface area contributed by atoms with Gasteiger partial charge < -0.3 is 19.7 Å². The first-order valence-electron chi connectivity index (χ1n) is 8.60. The summed E-state index contributed by atoms with van der Waals surface area (Å²) >= 11 is 0. The highest BCUT2D eigenvalue weighted by Gasteiger charge is 2.34. The van der Waals surface area contributed by atoms with Gasteiger partial charge in [0.2, 0.25) is 5.91 Å². The molecule has 1 aromatic heterocycles. The molecule has 2 atom stereocenters. The number of piperidine rings is 1. The third-order valence-electron chi connectivity index (χ3n) is 4.39. The first-order valence-corrected chi connectivity index (χ1v) is 8.60. The number of nitrogens with zero attached hydrogens (tertiary/aromatic N) is 1. The van der Waals surface area contributed by atoms with Crippen LogP contribution in [0.3, 0.4) is 0 Å². The van der Waals surface area contributed by atoms with Crippen LogP contribution in [-0.2, 0) is 4.79 Å². The maximum Gasteiger partial charge on any atom is 0.290 e. The Morgan fingerprint density at radius 3 is 2.83 bits per heavy atom. The van der Waals surface area contributed by atoms with Crippen molar-refractivity contribution >= 4 is 11.8 Å². The molecule has 0 saturated carbocycles. The van der Waals surface area contributed by atoms with Gasteiger partial charge in [0.1, 0.15) is 6.04 Å². The van der Waals surface area contributed by atoms with Gasteiger partial charge in [-0.3, -0.25) is 9.59 Å². The number of carbonyl (C=O) groups excluding carboxylic acids is 2. The maximum atomic E-state index is 12.6. The maximum absolute atomic E-state index is 12.6. The summed E-state index contributed by atoms with van der Waals surface area (Å²) in [5, 5.41) is 12.5. The fourth-order valence-electron chi connectivity index (χ4n) is 3.31. The van der Waals surface area contributed by atoms with E-state index in [1.54, 1.807) is 24.0 Å². The SMILES string of the molecule is CC(O)CC(C)(C)CNC(=O)C1CCCCN1C(=O)c1ccco1. The van der Waals surface area contributed by atoms with Gasteiger partial charge in [-0.1, -0.05) is 13.8 Å². The summed E-state index contributed by atoms with van der Waals surface area (Å²) in [6, 6.07) is 2.83. The Balaban J connectivity index is 1.99. The monoisotopic (exact) mass is 336 g/mol. The predicted molar refractivity (Wildman–Crippen MR) is 90.5 cm³/mol. The average molecular weight is 336 g/mol. The molecule has 6 nitrogen and oxygen atoms in total. The molecule has 1 fully saturated rings. The highest BCUT2D eigenvalue weighted by Crippen LogP contribution is 2.23. The Bertz CT molecular complexity index is 551. The summed E-state index contributed by atoms with van der Waals surface area (Å²) in [4.78, 5) is 26.8. The lowest BCUT2D eigenvalue weighted by Gasteiger charge is -2.35. The van der Waals surface area contributed by atoms with Gasteiger partial charge in [0.05, 0.1) is 12.4 Å². The molecule has 0 spiro atoms. The standard InChI is InChI=1S/C18H28N2O4/c1-13(21)11-18(2,3)12-19-16(22)14-7-4-5-9-20(14)17(23)15-8-6-10-24-15/h6,8,10,13-14,21H,4-5,7,9,11-12H2,1-3H3,(H,19,22). The quantitative estimate of drug-likeness (QED) is 0.834. The summed E-state index contributed by atoms with van der Waals surface area (Å²) in [5.74, 6) is -0.0968. The van der Waals surface area contributed by atoms with Crippen molar-refractivity contribution in [3.8, 4) is 0 Å². The van der Waals surface area contributed by atoms with Gasteiger partial charge >= 0.3 is 0 Å². The number of nitrogens with one attached hydrogen (secondary N) is 1. The normalized spacial score (nSPS) is 19.8. The minimum atomic E-state index is -0.460. The lowest BCUT2D eigenvalue weighted by molar-refractivity contribution is -0.127. The van der Waals surface area contributed by atoms with Gasteiger partial charge in [0.15, 0.2) is 5.76 Å². The molecule has 0 bridgehead atoms. The van der Waals surface area contributed by atoms with Crippen LogP contribution >= 0.6 is 0 Å². The highest BCUT2D eigenvalue weighted by molar-refractivity contribution is 5.95. The van der Waals surface area contributed by atoms with E-state index in [0.717, 1.165) is 12.8 Å². The van der Waals surface area contributed by atoms with E-state index < -0.39 is 12.1 Å². The van der Waals surface area contributed by atoms with Crippen LogP contribution < -0.4 is 5.32 Å². The Labute approximate surface area is 143 Å². The molecule has 2 N–H and O–H groups in total. The highest BCUT2D eigenvalue weighted by atomic mass is 16.3. The van der Waals surface area contributed by atoms with Crippen molar-refractivity contribution in [1.82, 2.24) is 10.2 Å². The van der Waals surface area contributed by atoms with Gasteiger partial charge in [-0.15, -0.1) is 0 Å². The molecule has 1 aliphatic heterocycles. The zero-order valence-corrected chi connectivity index (χ0v) is 14.7. The summed E-state index contributed by atoms with van der Waals surface area (Å²) in [7, 11) is 0. The van der Waals surface area contributed by atoms with Crippen LogP contribution in [0.5, 0.6) is 0 Å². The van der Waals surface area contributed by atoms with E-state index in [2.05, 4.69) is 5.32 Å². The molecule has 24 heavy (non-hydrogen) atoms. The van der Waals surface area contributed by atoms with Crippen LogP contribution in [0.25, 0.3) is 0 Å². The van der Waals surface area contributed by atoms with Gasteiger partial charge in [0, 0.05) is 13.1 Å². The van der Waals surface area contributed by atoms with Crippen molar-refractivity contribution in [1.29, 1.82) is 0 Å². The molecule has 2 heterocycles. The number of aliphatic hydroxyl groups is 1. The van der Waals surface area contributed by atoms with E-state index in [1.165, 1.54) is 6.26 Å². The predicted octanol–water partition coefficient (Wildman–Crippen LogP) is 2.19. The number of aliphatic hydroxyl groups excluding tert-OH is 1. The van der Waals surface area contributed by atoms with Gasteiger partial charge in [-0.2, -0.15) is 0 Å². The van der Waals surface area contributed by atoms with Gasteiger partial charge in [-0.25, -0.2) is 0 Å². The van der Waals surface area contributed by atoms with Crippen LogP contribution in [0.4, 0.5) is 0 Å². The van der Waals surface area contributed by atoms with E-state index in [0.29, 0.717) is 25.9 Å². The van der Waals surface area contributed by atoms with Crippen LogP contribution in [0.1, 0.15) is 57.0 Å². The van der Waals surface area contributed by atoms with Crippen molar-refractivity contribution in [2.45, 2.75) is 58.6 Å². The second kappa shape index (κ2) is 7.83. The van der Waals surface area contributed by atoms with E-state index >= 15 is 0 Å². The van der Waals surface area contributed by atoms with Crippen molar-refractivity contribution < 1.29 is 19.1 Å². The lowest BCUT2D eigenvalue weighted by atomic mass is 9.87. The molecular weight excluding hydrogens is 308 g/mol. The summed E-state index contributed by atoms with van der Waals surface area (Å²) in [6.07, 6.45) is 4.14. The van der Waals surface area contributed by atoms with Crippen LogP contribution in [0.15, 0.2) is 22.8 Å². The number of hydrogen-bond donors (Lipinski definition) is 2. The number of rotatable bonds is 6. The summed E-state index contributed by atoms with van der Waals surface area (Å²) < 4.78 is 5.18. The Morgan fingerprint density at radius 2 is 2.21 bits per heavy atom. The molecule has 0 aromatic carbocycles. The number of amides is 2. The number of hydrogen-bond acceptors (Lipinski definition) is 4. The van der Waals surface area contributed by atoms with Gasteiger partial charge in [0.25, 0.3) is 5.91 Å². The number of likely N-dealkylation sites (tertiary alicyclic amines) is 1. The summed E-state index contributed by atoms with van der Waals surface area (Å²) in [6.45, 7) is 6.79. The van der Waals surface area contributed by atoms with E-state index in [9.17, 15) is 14.7 Å². The fourth-order valence-corrected chi connectivity index (χ4v) is 3.31. The average Bonchev–Trinajstić information content (AvgIpc) is 3.05. The minimum absolute atomic E-state index is 0.131. The first-order chi connectivity index (χ1) is 11.3. The molecular formula is C18H28N2O4. The second-order valence-corrected chi connectivity index (χ2v) is 7.42. The Morgan fingerprint density at radius 1 is 1.46 bits per heavy atom. The van der Waals surface area contributed by atoms with E-state index in [-0.39, 0.29) is 23.0 Å².